The Bertz CT molecular complexity index is 182. The SMILES string of the molecule is COCC1CCCN(CCC(=N)N)C1. The smallest absolute Gasteiger partial charge is 0.0918 e. The van der Waals surface area contributed by atoms with Gasteiger partial charge in [0.15, 0.2) is 0 Å². The maximum Gasteiger partial charge on any atom is 0.0918 e. The molecule has 0 aromatic rings. The highest BCUT2D eigenvalue weighted by atomic mass is 16.5. The van der Waals surface area contributed by atoms with E-state index in [9.17, 15) is 0 Å². The van der Waals surface area contributed by atoms with E-state index in [2.05, 4.69) is 4.90 Å². The first-order valence-electron chi connectivity index (χ1n) is 5.26. The van der Waals surface area contributed by atoms with Crippen LogP contribution in [0.2, 0.25) is 0 Å². The summed E-state index contributed by atoms with van der Waals surface area (Å²) in [7, 11) is 1.76. The summed E-state index contributed by atoms with van der Waals surface area (Å²) >= 11 is 0. The van der Waals surface area contributed by atoms with Gasteiger partial charge >= 0.3 is 0 Å². The highest BCUT2D eigenvalue weighted by Gasteiger charge is 2.19. The first-order valence-corrected chi connectivity index (χ1v) is 5.26. The second kappa shape index (κ2) is 5.98. The summed E-state index contributed by atoms with van der Waals surface area (Å²) in [6, 6.07) is 0. The molecule has 4 nitrogen and oxygen atoms in total. The number of rotatable bonds is 5. The minimum absolute atomic E-state index is 0.291. The molecular weight excluding hydrogens is 178 g/mol. The average Bonchev–Trinajstić information content (AvgIpc) is 2.16. The summed E-state index contributed by atoms with van der Waals surface area (Å²) in [5.41, 5.74) is 5.33. The monoisotopic (exact) mass is 199 g/mol. The molecule has 1 aliphatic rings. The molecule has 0 spiro atoms. The lowest BCUT2D eigenvalue weighted by Crippen LogP contribution is -2.38. The minimum atomic E-state index is 0.291. The van der Waals surface area contributed by atoms with Crippen LogP contribution in [-0.2, 0) is 4.74 Å². The maximum atomic E-state index is 7.17. The molecule has 82 valence electrons. The fourth-order valence-electron chi connectivity index (χ4n) is 2.00. The van der Waals surface area contributed by atoms with Crippen molar-refractivity contribution < 1.29 is 4.74 Å². The van der Waals surface area contributed by atoms with Gasteiger partial charge < -0.3 is 15.4 Å². The van der Waals surface area contributed by atoms with E-state index in [0.29, 0.717) is 18.2 Å². The van der Waals surface area contributed by atoms with Crippen LogP contribution in [0.3, 0.4) is 0 Å². The predicted molar refractivity (Wildman–Crippen MR) is 57.6 cm³/mol. The highest BCUT2D eigenvalue weighted by Crippen LogP contribution is 2.16. The molecule has 4 heteroatoms. The summed E-state index contributed by atoms with van der Waals surface area (Å²) in [5.74, 6) is 0.958. The predicted octanol–water partition coefficient (Wildman–Crippen LogP) is 0.671. The van der Waals surface area contributed by atoms with Crippen LogP contribution in [0.25, 0.3) is 0 Å². The number of hydrogen-bond donors (Lipinski definition) is 2. The molecule has 0 bridgehead atoms. The minimum Gasteiger partial charge on any atom is -0.388 e. The van der Waals surface area contributed by atoms with Crippen LogP contribution in [-0.4, -0.2) is 44.1 Å². The van der Waals surface area contributed by atoms with Crippen LogP contribution in [0.5, 0.6) is 0 Å². The maximum absolute atomic E-state index is 7.17. The summed E-state index contributed by atoms with van der Waals surface area (Å²) < 4.78 is 5.16. The number of amidine groups is 1. The first kappa shape index (κ1) is 11.5. The van der Waals surface area contributed by atoms with Crippen LogP contribution in [0.1, 0.15) is 19.3 Å². The molecule has 1 aliphatic heterocycles. The molecule has 0 aromatic carbocycles. The fourth-order valence-corrected chi connectivity index (χ4v) is 2.00. The van der Waals surface area contributed by atoms with Gasteiger partial charge in [-0.25, -0.2) is 0 Å². The van der Waals surface area contributed by atoms with Crippen molar-refractivity contribution in [2.75, 3.05) is 33.4 Å². The zero-order chi connectivity index (χ0) is 10.4. The number of likely N-dealkylation sites (tertiary alicyclic amines) is 1. The zero-order valence-electron chi connectivity index (χ0n) is 8.96. The van der Waals surface area contributed by atoms with Gasteiger partial charge in [0.05, 0.1) is 12.4 Å². The van der Waals surface area contributed by atoms with Crippen molar-refractivity contribution in [1.29, 1.82) is 5.41 Å². The van der Waals surface area contributed by atoms with E-state index in [1.165, 1.54) is 12.8 Å². The molecule has 0 amide bonds. The largest absolute Gasteiger partial charge is 0.388 e. The van der Waals surface area contributed by atoms with Crippen LogP contribution in [0.15, 0.2) is 0 Å². The van der Waals surface area contributed by atoms with Crippen LogP contribution < -0.4 is 5.73 Å². The Balaban J connectivity index is 2.21. The third-order valence-electron chi connectivity index (χ3n) is 2.70. The van der Waals surface area contributed by atoms with E-state index < -0.39 is 0 Å². The number of methoxy groups -OCH3 is 1. The molecule has 3 N–H and O–H groups in total. The lowest BCUT2D eigenvalue weighted by Gasteiger charge is -2.32. The molecule has 1 saturated heterocycles. The van der Waals surface area contributed by atoms with Gasteiger partial charge in [0.1, 0.15) is 0 Å². The Morgan fingerprint density at radius 1 is 1.64 bits per heavy atom. The van der Waals surface area contributed by atoms with Gasteiger partial charge in [0.25, 0.3) is 0 Å². The van der Waals surface area contributed by atoms with E-state index in [4.69, 9.17) is 15.9 Å². The molecule has 1 atom stereocenters. The van der Waals surface area contributed by atoms with Gasteiger partial charge in [0, 0.05) is 26.6 Å². The topological polar surface area (TPSA) is 62.3 Å². The molecule has 0 radical (unpaired) electrons. The summed E-state index contributed by atoms with van der Waals surface area (Å²) in [6.07, 6.45) is 3.20. The van der Waals surface area contributed by atoms with E-state index in [0.717, 1.165) is 26.2 Å². The van der Waals surface area contributed by atoms with Gasteiger partial charge in [-0.3, -0.25) is 5.41 Å². The molecule has 0 aromatic heterocycles. The third-order valence-corrected chi connectivity index (χ3v) is 2.70. The van der Waals surface area contributed by atoms with Crippen LogP contribution in [0.4, 0.5) is 0 Å². The second-order valence-electron chi connectivity index (χ2n) is 4.04. The van der Waals surface area contributed by atoms with Crippen LogP contribution >= 0.6 is 0 Å². The van der Waals surface area contributed by atoms with Gasteiger partial charge in [-0.15, -0.1) is 0 Å². The van der Waals surface area contributed by atoms with E-state index in [1.54, 1.807) is 7.11 Å². The Labute approximate surface area is 85.9 Å². The normalized spacial score (nSPS) is 23.6. The lowest BCUT2D eigenvalue weighted by molar-refractivity contribution is 0.0920. The average molecular weight is 199 g/mol. The van der Waals surface area contributed by atoms with Crippen LogP contribution in [0, 0.1) is 11.3 Å². The third kappa shape index (κ3) is 4.07. The van der Waals surface area contributed by atoms with Crippen molar-refractivity contribution in [3.05, 3.63) is 0 Å². The van der Waals surface area contributed by atoms with E-state index in [1.807, 2.05) is 0 Å². The molecule has 0 saturated carbocycles. The molecular formula is C10H21N3O. The van der Waals surface area contributed by atoms with Crippen molar-refractivity contribution in [1.82, 2.24) is 4.90 Å². The Morgan fingerprint density at radius 3 is 3.07 bits per heavy atom. The summed E-state index contributed by atoms with van der Waals surface area (Å²) in [4.78, 5) is 2.38. The van der Waals surface area contributed by atoms with Crippen molar-refractivity contribution in [3.8, 4) is 0 Å². The number of ether oxygens (including phenoxy) is 1. The van der Waals surface area contributed by atoms with Crippen molar-refractivity contribution in [3.63, 3.8) is 0 Å². The second-order valence-corrected chi connectivity index (χ2v) is 4.04. The van der Waals surface area contributed by atoms with Gasteiger partial charge in [-0.05, 0) is 25.3 Å². The number of nitrogens with two attached hydrogens (primary N) is 1. The molecule has 1 rings (SSSR count). The van der Waals surface area contributed by atoms with E-state index >= 15 is 0 Å². The van der Waals surface area contributed by atoms with Gasteiger partial charge in [0.2, 0.25) is 0 Å². The van der Waals surface area contributed by atoms with E-state index in [-0.39, 0.29) is 0 Å². The lowest BCUT2D eigenvalue weighted by atomic mass is 9.99. The molecule has 0 aliphatic carbocycles. The number of nitrogens with one attached hydrogen (secondary N) is 1. The highest BCUT2D eigenvalue weighted by molar-refractivity contribution is 5.76. The molecule has 1 heterocycles. The standard InChI is InChI=1S/C10H21N3O/c1-14-8-9-3-2-5-13(7-9)6-4-10(11)12/h9H,2-8H2,1H3,(H3,11,12). The molecule has 14 heavy (non-hydrogen) atoms. The fraction of sp³-hybridized carbons (Fsp3) is 0.900. The van der Waals surface area contributed by atoms with Gasteiger partial charge in [-0.1, -0.05) is 0 Å². The van der Waals surface area contributed by atoms with Crippen molar-refractivity contribution in [2.24, 2.45) is 11.7 Å². The Kier molecular flexibility index (Phi) is 4.90. The molecule has 1 unspecified atom stereocenters. The first-order chi connectivity index (χ1) is 6.72. The van der Waals surface area contributed by atoms with Crippen molar-refractivity contribution >= 4 is 5.84 Å². The number of piperidine rings is 1. The number of nitrogens with zero attached hydrogens (tertiary/aromatic N) is 1. The quantitative estimate of drug-likeness (QED) is 0.505. The Morgan fingerprint density at radius 2 is 2.43 bits per heavy atom. The number of hydrogen-bond acceptors (Lipinski definition) is 3. The van der Waals surface area contributed by atoms with Gasteiger partial charge in [-0.2, -0.15) is 0 Å². The van der Waals surface area contributed by atoms with Crippen molar-refractivity contribution in [2.45, 2.75) is 19.3 Å². The Hall–Kier alpha value is -0.610. The summed E-state index contributed by atoms with van der Waals surface area (Å²) in [6.45, 7) is 4.03. The molecule has 1 fully saturated rings. The zero-order valence-corrected chi connectivity index (χ0v) is 8.96. The summed E-state index contributed by atoms with van der Waals surface area (Å²) in [5, 5.41) is 7.17.